The number of thiazole rings is 1. The molecular weight excluding hydrogens is 440 g/mol. The smallest absolute Gasteiger partial charge is 0.350 e. The fourth-order valence-electron chi connectivity index (χ4n) is 3.57. The van der Waals surface area contributed by atoms with Gasteiger partial charge in [0, 0.05) is 24.7 Å². The zero-order valence-electron chi connectivity index (χ0n) is 18.4. The summed E-state index contributed by atoms with van der Waals surface area (Å²) in [5.41, 5.74) is 2.56. The van der Waals surface area contributed by atoms with Gasteiger partial charge in [-0.3, -0.25) is 5.32 Å². The van der Waals surface area contributed by atoms with Crippen LogP contribution in [0, 0.1) is 18.3 Å². The molecular formula is C23H24N6O3S. The van der Waals surface area contributed by atoms with Gasteiger partial charge in [0.1, 0.15) is 10.7 Å². The van der Waals surface area contributed by atoms with Crippen molar-refractivity contribution in [1.82, 2.24) is 15.0 Å². The number of aliphatic hydroxyl groups is 1. The second kappa shape index (κ2) is 9.94. The molecule has 0 aliphatic carbocycles. The lowest BCUT2D eigenvalue weighted by Gasteiger charge is -2.30. The van der Waals surface area contributed by atoms with Crippen LogP contribution in [0.4, 0.5) is 16.9 Å². The molecule has 0 bridgehead atoms. The summed E-state index contributed by atoms with van der Waals surface area (Å²) in [4.78, 5) is 28.4. The van der Waals surface area contributed by atoms with E-state index in [1.807, 2.05) is 18.2 Å². The van der Waals surface area contributed by atoms with E-state index >= 15 is 0 Å². The zero-order valence-corrected chi connectivity index (χ0v) is 19.2. The molecule has 0 amide bonds. The Bertz CT molecular complexity index is 1200. The van der Waals surface area contributed by atoms with Gasteiger partial charge < -0.3 is 14.7 Å². The van der Waals surface area contributed by atoms with Gasteiger partial charge in [0.2, 0.25) is 5.95 Å². The number of rotatable bonds is 6. The Balaban J connectivity index is 1.69. The van der Waals surface area contributed by atoms with Gasteiger partial charge in [-0.15, -0.1) is 0 Å². The highest BCUT2D eigenvalue weighted by atomic mass is 32.1. The molecule has 0 radical (unpaired) electrons. The van der Waals surface area contributed by atoms with Gasteiger partial charge in [-0.1, -0.05) is 23.5 Å². The third-order valence-corrected chi connectivity index (χ3v) is 6.32. The van der Waals surface area contributed by atoms with Crippen LogP contribution in [0.3, 0.4) is 0 Å². The monoisotopic (exact) mass is 464 g/mol. The highest BCUT2D eigenvalue weighted by Crippen LogP contribution is 2.29. The van der Waals surface area contributed by atoms with Crippen molar-refractivity contribution < 1.29 is 14.6 Å². The third kappa shape index (κ3) is 5.27. The molecule has 1 fully saturated rings. The van der Waals surface area contributed by atoms with Crippen molar-refractivity contribution in [2.75, 3.05) is 29.9 Å². The minimum absolute atomic E-state index is 0.291. The topological polar surface area (TPSA) is 124 Å². The molecule has 1 aromatic carbocycles. The van der Waals surface area contributed by atoms with Gasteiger partial charge in [0.15, 0.2) is 5.13 Å². The van der Waals surface area contributed by atoms with Crippen molar-refractivity contribution in [2.45, 2.75) is 32.8 Å². The maximum atomic E-state index is 12.2. The predicted octanol–water partition coefficient (Wildman–Crippen LogP) is 3.66. The van der Waals surface area contributed by atoms with Crippen molar-refractivity contribution >= 4 is 34.2 Å². The van der Waals surface area contributed by atoms with Crippen LogP contribution in [0.25, 0.3) is 11.3 Å². The highest BCUT2D eigenvalue weighted by molar-refractivity contribution is 7.17. The Labute approximate surface area is 195 Å². The average Bonchev–Trinajstić information content (AvgIpc) is 3.19. The molecule has 0 spiro atoms. The number of hydrogen-bond donors (Lipinski definition) is 2. The van der Waals surface area contributed by atoms with Crippen molar-refractivity contribution in [3.8, 4) is 17.3 Å². The quantitative estimate of drug-likeness (QED) is 0.526. The molecule has 0 saturated carbocycles. The molecule has 0 unspecified atom stereocenters. The van der Waals surface area contributed by atoms with Gasteiger partial charge >= 0.3 is 5.97 Å². The molecule has 3 heterocycles. The Morgan fingerprint density at radius 1 is 1.30 bits per heavy atom. The lowest BCUT2D eigenvalue weighted by molar-refractivity contribution is 0.0531. The summed E-state index contributed by atoms with van der Waals surface area (Å²) >= 11 is 1.19. The second-order valence-electron chi connectivity index (χ2n) is 7.62. The Morgan fingerprint density at radius 3 is 2.82 bits per heavy atom. The molecule has 9 nitrogen and oxygen atoms in total. The summed E-state index contributed by atoms with van der Waals surface area (Å²) in [5.74, 6) is 0.645. The number of carbonyl (C=O) groups is 1. The normalized spacial score (nSPS) is 14.1. The van der Waals surface area contributed by atoms with E-state index in [4.69, 9.17) is 4.74 Å². The lowest BCUT2D eigenvalue weighted by Crippen LogP contribution is -2.36. The largest absolute Gasteiger partial charge is 0.462 e. The molecule has 1 aliphatic heterocycles. The van der Waals surface area contributed by atoms with E-state index in [0.29, 0.717) is 65.4 Å². The number of anilines is 3. The van der Waals surface area contributed by atoms with Crippen LogP contribution in [0.2, 0.25) is 0 Å². The SMILES string of the molecule is CCOC(=O)c1sc(Nc2nc(-c3cccc(C#N)c3)cc(N3CCC(O)CC3)n2)nc1C. The Kier molecular flexibility index (Phi) is 6.82. The van der Waals surface area contributed by atoms with E-state index in [2.05, 4.69) is 31.2 Å². The number of nitrogens with zero attached hydrogens (tertiary/aromatic N) is 5. The maximum Gasteiger partial charge on any atom is 0.350 e. The highest BCUT2D eigenvalue weighted by Gasteiger charge is 2.21. The number of benzene rings is 1. The Hall–Kier alpha value is -3.55. The van der Waals surface area contributed by atoms with Crippen LogP contribution < -0.4 is 10.2 Å². The number of nitrogens with one attached hydrogen (secondary N) is 1. The van der Waals surface area contributed by atoms with E-state index in [9.17, 15) is 15.2 Å². The Morgan fingerprint density at radius 2 is 2.09 bits per heavy atom. The van der Waals surface area contributed by atoms with Gasteiger partial charge in [-0.2, -0.15) is 10.2 Å². The molecule has 3 aromatic rings. The number of aromatic nitrogens is 3. The molecule has 1 saturated heterocycles. The van der Waals surface area contributed by atoms with Gasteiger partial charge in [0.05, 0.1) is 35.7 Å². The lowest BCUT2D eigenvalue weighted by atomic mass is 10.1. The van der Waals surface area contributed by atoms with Crippen molar-refractivity contribution in [3.05, 3.63) is 46.5 Å². The summed E-state index contributed by atoms with van der Waals surface area (Å²) in [5, 5.41) is 22.8. The summed E-state index contributed by atoms with van der Waals surface area (Å²) in [7, 11) is 0. The molecule has 2 N–H and O–H groups in total. The second-order valence-corrected chi connectivity index (χ2v) is 8.62. The summed E-state index contributed by atoms with van der Waals surface area (Å²) in [6.07, 6.45) is 1.04. The molecule has 170 valence electrons. The number of hydrogen-bond acceptors (Lipinski definition) is 10. The minimum Gasteiger partial charge on any atom is -0.462 e. The summed E-state index contributed by atoms with van der Waals surface area (Å²) in [6.45, 7) is 5.16. The van der Waals surface area contributed by atoms with Crippen molar-refractivity contribution in [1.29, 1.82) is 5.26 Å². The van der Waals surface area contributed by atoms with Crippen LogP contribution in [0.15, 0.2) is 30.3 Å². The summed E-state index contributed by atoms with van der Waals surface area (Å²) < 4.78 is 5.10. The van der Waals surface area contributed by atoms with Crippen LogP contribution in [-0.4, -0.2) is 51.8 Å². The van der Waals surface area contributed by atoms with E-state index in [1.54, 1.807) is 26.0 Å². The summed E-state index contributed by atoms with van der Waals surface area (Å²) in [6, 6.07) is 11.3. The van der Waals surface area contributed by atoms with Gasteiger partial charge in [0.25, 0.3) is 0 Å². The van der Waals surface area contributed by atoms with E-state index < -0.39 is 5.97 Å². The number of piperidine rings is 1. The van der Waals surface area contributed by atoms with Crippen LogP contribution in [-0.2, 0) is 4.74 Å². The molecule has 0 atom stereocenters. The fraction of sp³-hybridized carbons (Fsp3) is 0.348. The first-order valence-corrected chi connectivity index (χ1v) is 11.5. The number of aryl methyl sites for hydroxylation is 1. The standard InChI is InChI=1S/C23H24N6O3S/c1-3-32-21(31)20-14(2)25-23(33-20)28-22-26-18(16-6-4-5-15(11-16)13-24)12-19(27-22)29-9-7-17(30)8-10-29/h4-6,11-12,17,30H,3,7-10H2,1-2H3,(H,25,26,27,28). The molecule has 33 heavy (non-hydrogen) atoms. The number of nitriles is 1. The van der Waals surface area contributed by atoms with E-state index in [1.165, 1.54) is 11.3 Å². The number of carbonyl (C=O) groups excluding carboxylic acids is 1. The van der Waals surface area contributed by atoms with E-state index in [0.717, 1.165) is 11.4 Å². The van der Waals surface area contributed by atoms with Crippen LogP contribution >= 0.6 is 11.3 Å². The maximum absolute atomic E-state index is 12.2. The van der Waals surface area contributed by atoms with Gasteiger partial charge in [-0.05, 0) is 38.8 Å². The number of aliphatic hydroxyl groups excluding tert-OH is 1. The first kappa shape index (κ1) is 22.6. The molecule has 4 rings (SSSR count). The predicted molar refractivity (Wildman–Crippen MR) is 126 cm³/mol. The molecule has 1 aliphatic rings. The average molecular weight is 465 g/mol. The number of ether oxygens (including phenoxy) is 1. The van der Waals surface area contributed by atoms with E-state index in [-0.39, 0.29) is 6.10 Å². The minimum atomic E-state index is -0.406. The van der Waals surface area contributed by atoms with Crippen molar-refractivity contribution in [2.24, 2.45) is 0 Å². The number of esters is 1. The fourth-order valence-corrected chi connectivity index (χ4v) is 4.43. The van der Waals surface area contributed by atoms with Crippen molar-refractivity contribution in [3.63, 3.8) is 0 Å². The first-order chi connectivity index (χ1) is 16.0. The first-order valence-electron chi connectivity index (χ1n) is 10.7. The van der Waals surface area contributed by atoms with Crippen LogP contribution in [0.1, 0.15) is 40.7 Å². The molecule has 2 aromatic heterocycles. The third-order valence-electron chi connectivity index (χ3n) is 5.26. The molecule has 10 heteroatoms. The zero-order chi connectivity index (χ0) is 23.4. The van der Waals surface area contributed by atoms with Gasteiger partial charge in [-0.25, -0.2) is 14.8 Å². The van der Waals surface area contributed by atoms with Crippen LogP contribution in [0.5, 0.6) is 0 Å².